The normalized spacial score (nSPS) is 34.7. The first-order chi connectivity index (χ1) is 16.5. The van der Waals surface area contributed by atoms with Gasteiger partial charge in [-0.1, -0.05) is 39.5 Å². The van der Waals surface area contributed by atoms with Gasteiger partial charge in [0.2, 0.25) is 0 Å². The van der Waals surface area contributed by atoms with Gasteiger partial charge in [0.25, 0.3) is 0 Å². The summed E-state index contributed by atoms with van der Waals surface area (Å²) in [6.07, 6.45) is 7.16. The maximum absolute atomic E-state index is 13.7. The lowest BCUT2D eigenvalue weighted by Crippen LogP contribution is -2.65. The van der Waals surface area contributed by atoms with Gasteiger partial charge in [-0.3, -0.25) is 19.4 Å². The molecule has 2 fully saturated rings. The number of aliphatic carboxylic acids is 2. The summed E-state index contributed by atoms with van der Waals surface area (Å²) in [4.78, 5) is 29.4. The summed E-state index contributed by atoms with van der Waals surface area (Å²) in [5, 5.41) is 20.1. The lowest BCUT2D eigenvalue weighted by molar-refractivity contribution is -0.181. The highest BCUT2D eigenvalue weighted by Crippen LogP contribution is 2.58. The van der Waals surface area contributed by atoms with E-state index in [1.54, 1.807) is 0 Å². The van der Waals surface area contributed by atoms with Crippen molar-refractivity contribution in [3.8, 4) is 0 Å². The highest BCUT2D eigenvalue weighted by Gasteiger charge is 2.61. The molecule has 0 bridgehead atoms. The van der Waals surface area contributed by atoms with Crippen molar-refractivity contribution >= 4 is 11.9 Å². The minimum Gasteiger partial charge on any atom is -0.481 e. The van der Waals surface area contributed by atoms with Gasteiger partial charge in [-0.15, -0.1) is 0 Å². The van der Waals surface area contributed by atoms with E-state index < -0.39 is 17.4 Å². The molecule has 2 rings (SSSR count). The number of hydrogen-bond acceptors (Lipinski definition) is 4. The molecule has 2 saturated heterocycles. The number of carboxylic acids is 2. The molecule has 210 valence electrons. The minimum atomic E-state index is -0.764. The predicted octanol–water partition coefficient (Wildman–Crippen LogP) is 6.38. The van der Waals surface area contributed by atoms with E-state index >= 15 is 0 Å². The fourth-order valence-electron chi connectivity index (χ4n) is 7.81. The van der Waals surface area contributed by atoms with Crippen molar-refractivity contribution in [1.29, 1.82) is 0 Å². The fourth-order valence-corrected chi connectivity index (χ4v) is 7.81. The molecular formula is C30H56N2O4. The molecule has 0 saturated carbocycles. The summed E-state index contributed by atoms with van der Waals surface area (Å²) in [5.41, 5.74) is -0.868. The van der Waals surface area contributed by atoms with Gasteiger partial charge in [-0.05, 0) is 105 Å². The maximum atomic E-state index is 13.7. The molecule has 6 atom stereocenters. The molecule has 2 N–H and O–H groups in total. The summed E-state index contributed by atoms with van der Waals surface area (Å²) >= 11 is 0. The molecule has 6 unspecified atom stereocenters. The molecule has 0 aromatic heterocycles. The summed E-state index contributed by atoms with van der Waals surface area (Å²) < 4.78 is 0. The zero-order valence-electron chi connectivity index (χ0n) is 24.9. The second-order valence-electron chi connectivity index (χ2n) is 13.7. The van der Waals surface area contributed by atoms with Crippen LogP contribution < -0.4 is 0 Å². The summed E-state index contributed by atoms with van der Waals surface area (Å²) in [5.74, 6) is -0.521. The monoisotopic (exact) mass is 508 g/mol. The molecule has 0 amide bonds. The van der Waals surface area contributed by atoms with Gasteiger partial charge in [0.1, 0.15) is 0 Å². The number of carboxylic acid groups (broad SMARTS) is 2. The van der Waals surface area contributed by atoms with Crippen molar-refractivity contribution in [1.82, 2.24) is 9.80 Å². The minimum absolute atomic E-state index is 0.0516. The van der Waals surface area contributed by atoms with Gasteiger partial charge in [0.15, 0.2) is 0 Å². The van der Waals surface area contributed by atoms with E-state index in [4.69, 9.17) is 5.11 Å². The van der Waals surface area contributed by atoms with Crippen molar-refractivity contribution in [3.63, 3.8) is 0 Å². The number of nitrogens with zero attached hydrogens (tertiary/aromatic N) is 2. The van der Waals surface area contributed by atoms with Gasteiger partial charge in [0.05, 0.1) is 5.41 Å². The molecule has 2 aliphatic rings. The van der Waals surface area contributed by atoms with Crippen LogP contribution in [-0.2, 0) is 9.59 Å². The van der Waals surface area contributed by atoms with Gasteiger partial charge in [0, 0.05) is 29.6 Å². The summed E-state index contributed by atoms with van der Waals surface area (Å²) in [6, 6.07) is 0.640. The third-order valence-electron chi connectivity index (χ3n) is 11.1. The first-order valence-corrected chi connectivity index (χ1v) is 14.4. The number of hydrogen-bond donors (Lipinski definition) is 2. The first kappa shape index (κ1) is 31.1. The third kappa shape index (κ3) is 6.11. The maximum Gasteiger partial charge on any atom is 0.310 e. The SMILES string of the molecule is CC1C(C)N(C)C(C)(C)CC1C(CCCCCCCC(=O)O)(C(=O)O)C1CC(C)(C)N(C)C(C)C1C. The summed E-state index contributed by atoms with van der Waals surface area (Å²) in [6.45, 7) is 18.3. The van der Waals surface area contributed by atoms with Crippen molar-refractivity contribution in [2.24, 2.45) is 29.1 Å². The quantitative estimate of drug-likeness (QED) is 0.315. The Kier molecular flexibility index (Phi) is 10.1. The van der Waals surface area contributed by atoms with Gasteiger partial charge < -0.3 is 10.2 Å². The Morgan fingerprint density at radius 3 is 1.53 bits per heavy atom. The fraction of sp³-hybridized carbons (Fsp3) is 0.933. The summed E-state index contributed by atoms with van der Waals surface area (Å²) in [7, 11) is 4.39. The van der Waals surface area contributed by atoms with Crippen molar-refractivity contribution in [3.05, 3.63) is 0 Å². The molecule has 0 aromatic rings. The molecular weight excluding hydrogens is 452 g/mol. The lowest BCUT2D eigenvalue weighted by atomic mass is 9.50. The zero-order valence-corrected chi connectivity index (χ0v) is 24.9. The van der Waals surface area contributed by atoms with Gasteiger partial charge >= 0.3 is 11.9 Å². The Hall–Kier alpha value is -1.14. The van der Waals surface area contributed by atoms with E-state index in [0.717, 1.165) is 38.5 Å². The van der Waals surface area contributed by atoms with Crippen LogP contribution in [0.4, 0.5) is 0 Å². The molecule has 36 heavy (non-hydrogen) atoms. The lowest BCUT2D eigenvalue weighted by Gasteiger charge is -2.61. The number of carbonyl (C=O) groups is 2. The number of rotatable bonds is 11. The number of piperidine rings is 2. The van der Waals surface area contributed by atoms with Crippen molar-refractivity contribution in [2.75, 3.05) is 14.1 Å². The molecule has 0 spiro atoms. The van der Waals surface area contributed by atoms with E-state index in [2.05, 4.69) is 79.3 Å². The Morgan fingerprint density at radius 2 is 1.14 bits per heavy atom. The van der Waals surface area contributed by atoms with Crippen LogP contribution in [0, 0.1) is 29.1 Å². The van der Waals surface area contributed by atoms with Crippen LogP contribution in [0.15, 0.2) is 0 Å². The molecule has 0 radical (unpaired) electrons. The molecule has 0 aromatic carbocycles. The van der Waals surface area contributed by atoms with Gasteiger partial charge in [-0.2, -0.15) is 0 Å². The molecule has 6 heteroatoms. The predicted molar refractivity (Wildman–Crippen MR) is 147 cm³/mol. The van der Waals surface area contributed by atoms with Crippen molar-refractivity contribution < 1.29 is 19.8 Å². The Bertz CT molecular complexity index is 724. The molecule has 0 aliphatic carbocycles. The first-order valence-electron chi connectivity index (χ1n) is 14.4. The van der Waals surface area contributed by atoms with Gasteiger partial charge in [-0.25, -0.2) is 0 Å². The van der Waals surface area contributed by atoms with Crippen LogP contribution in [0.2, 0.25) is 0 Å². The standard InChI is InChI=1S/C30H56N2O4/c1-20-22(3)31(9)28(5,6)18-24(20)30(27(35)36,17-15-13-11-12-14-16-26(33)34)25-19-29(7,8)32(10)23(4)21(25)2/h20-25H,11-19H2,1-10H3,(H,33,34)(H,35,36). The Labute approximate surface area is 221 Å². The van der Waals surface area contributed by atoms with Crippen LogP contribution in [0.5, 0.6) is 0 Å². The van der Waals surface area contributed by atoms with E-state index in [1.807, 2.05) is 0 Å². The topological polar surface area (TPSA) is 81.1 Å². The van der Waals surface area contributed by atoms with Crippen LogP contribution >= 0.6 is 0 Å². The highest BCUT2D eigenvalue weighted by molar-refractivity contribution is 5.76. The second-order valence-corrected chi connectivity index (χ2v) is 13.7. The van der Waals surface area contributed by atoms with Crippen LogP contribution in [0.3, 0.4) is 0 Å². The Balaban J connectivity index is 2.45. The van der Waals surface area contributed by atoms with E-state index in [9.17, 15) is 14.7 Å². The highest BCUT2D eigenvalue weighted by atomic mass is 16.4. The molecule has 6 nitrogen and oxygen atoms in total. The second kappa shape index (κ2) is 11.7. The molecule has 2 aliphatic heterocycles. The van der Waals surface area contributed by atoms with E-state index in [-0.39, 0.29) is 29.3 Å². The third-order valence-corrected chi connectivity index (χ3v) is 11.1. The van der Waals surface area contributed by atoms with Crippen LogP contribution in [-0.4, -0.2) is 69.2 Å². The average molecular weight is 509 g/mol. The molecule has 2 heterocycles. The van der Waals surface area contributed by atoms with Crippen LogP contribution in [0.25, 0.3) is 0 Å². The van der Waals surface area contributed by atoms with E-state index in [0.29, 0.717) is 36.8 Å². The van der Waals surface area contributed by atoms with Crippen molar-refractivity contribution in [2.45, 2.75) is 136 Å². The zero-order chi connectivity index (χ0) is 27.6. The largest absolute Gasteiger partial charge is 0.481 e. The van der Waals surface area contributed by atoms with E-state index in [1.165, 1.54) is 0 Å². The smallest absolute Gasteiger partial charge is 0.310 e. The van der Waals surface area contributed by atoms with Crippen LogP contribution in [0.1, 0.15) is 113 Å². The number of unbranched alkanes of at least 4 members (excludes halogenated alkanes) is 4. The average Bonchev–Trinajstić information content (AvgIpc) is 2.78. The number of likely N-dealkylation sites (tertiary alicyclic amines) is 2. The Morgan fingerprint density at radius 1 is 0.750 bits per heavy atom.